The van der Waals surface area contributed by atoms with Gasteiger partial charge in [0.25, 0.3) is 0 Å². The van der Waals surface area contributed by atoms with Gasteiger partial charge in [-0.05, 0) is 36.8 Å². The molecule has 32 heavy (non-hydrogen) atoms. The summed E-state index contributed by atoms with van der Waals surface area (Å²) in [7, 11) is 0. The van der Waals surface area contributed by atoms with E-state index in [9.17, 15) is 0 Å². The Labute approximate surface area is 208 Å². The van der Waals surface area contributed by atoms with E-state index in [4.69, 9.17) is 14.2 Å². The lowest BCUT2D eigenvalue weighted by Gasteiger charge is -2.26. The van der Waals surface area contributed by atoms with Gasteiger partial charge in [0.15, 0.2) is 5.96 Å². The Bertz CT molecular complexity index is 786. The molecule has 1 saturated heterocycles. The summed E-state index contributed by atoms with van der Waals surface area (Å²) in [6.45, 7) is 9.87. The first kappa shape index (κ1) is 26.2. The molecule has 7 nitrogen and oxygen atoms in total. The number of aliphatic imine (C=N–C) groups is 1. The molecule has 1 aliphatic rings. The van der Waals surface area contributed by atoms with E-state index < -0.39 is 0 Å². The maximum absolute atomic E-state index is 5.95. The molecule has 0 atom stereocenters. The maximum atomic E-state index is 5.95. The molecular weight excluding hydrogens is 519 g/mol. The Kier molecular flexibility index (Phi) is 12.9. The highest BCUT2D eigenvalue weighted by Crippen LogP contribution is 2.14. The van der Waals surface area contributed by atoms with Crippen LogP contribution in [0.2, 0.25) is 0 Å². The Morgan fingerprint density at radius 3 is 2.50 bits per heavy atom. The second-order valence-electron chi connectivity index (χ2n) is 7.23. The van der Waals surface area contributed by atoms with Crippen LogP contribution in [0.4, 0.5) is 0 Å². The van der Waals surface area contributed by atoms with E-state index in [2.05, 4.69) is 39.6 Å². The van der Waals surface area contributed by atoms with Crippen LogP contribution < -0.4 is 20.1 Å². The van der Waals surface area contributed by atoms with E-state index in [-0.39, 0.29) is 24.0 Å². The largest absolute Gasteiger partial charge is 0.492 e. The van der Waals surface area contributed by atoms with Gasteiger partial charge in [0.1, 0.15) is 24.7 Å². The molecule has 1 heterocycles. The standard InChI is InChI=1S/C24H34N4O3.HI/c1-2-25-24(26-11-15-30-22-8-4-3-5-9-22)27-20-21-7-6-10-23(19-21)31-18-14-28-12-16-29-17-13-28;/h3-10,19H,2,11-18,20H2,1H3,(H2,25,26,27);1H. The number of para-hydroxylation sites is 1. The molecule has 1 aliphatic heterocycles. The fourth-order valence-corrected chi connectivity index (χ4v) is 3.22. The highest BCUT2D eigenvalue weighted by molar-refractivity contribution is 14.0. The van der Waals surface area contributed by atoms with Crippen LogP contribution in [0.25, 0.3) is 0 Å². The topological polar surface area (TPSA) is 67.4 Å². The third-order valence-electron chi connectivity index (χ3n) is 4.85. The molecule has 0 spiro atoms. The lowest BCUT2D eigenvalue weighted by atomic mass is 10.2. The summed E-state index contributed by atoms with van der Waals surface area (Å²) in [5.41, 5.74) is 1.11. The second kappa shape index (κ2) is 15.7. The van der Waals surface area contributed by atoms with Gasteiger partial charge in [-0.25, -0.2) is 4.99 Å². The van der Waals surface area contributed by atoms with Crippen molar-refractivity contribution >= 4 is 29.9 Å². The molecule has 2 aromatic carbocycles. The van der Waals surface area contributed by atoms with Gasteiger partial charge in [0, 0.05) is 26.2 Å². The van der Waals surface area contributed by atoms with Crippen molar-refractivity contribution in [1.29, 1.82) is 0 Å². The lowest BCUT2D eigenvalue weighted by molar-refractivity contribution is 0.0322. The number of nitrogens with one attached hydrogen (secondary N) is 2. The van der Waals surface area contributed by atoms with Crippen molar-refractivity contribution < 1.29 is 14.2 Å². The van der Waals surface area contributed by atoms with Crippen molar-refractivity contribution in [2.24, 2.45) is 4.99 Å². The molecule has 2 N–H and O–H groups in total. The lowest BCUT2D eigenvalue weighted by Crippen LogP contribution is -2.39. The first-order chi connectivity index (χ1) is 15.3. The summed E-state index contributed by atoms with van der Waals surface area (Å²) in [6, 6.07) is 18.0. The fourth-order valence-electron chi connectivity index (χ4n) is 3.22. The van der Waals surface area contributed by atoms with E-state index in [0.29, 0.717) is 26.3 Å². The zero-order chi connectivity index (χ0) is 21.6. The molecule has 1 fully saturated rings. The number of hydrogen-bond donors (Lipinski definition) is 2. The van der Waals surface area contributed by atoms with Gasteiger partial charge in [0.2, 0.25) is 0 Å². The third kappa shape index (κ3) is 10.1. The van der Waals surface area contributed by atoms with Crippen LogP contribution in [0.5, 0.6) is 11.5 Å². The number of guanidine groups is 1. The highest BCUT2D eigenvalue weighted by atomic mass is 127. The quantitative estimate of drug-likeness (QED) is 0.193. The van der Waals surface area contributed by atoms with Crippen LogP contribution in [0.3, 0.4) is 0 Å². The zero-order valence-electron chi connectivity index (χ0n) is 18.8. The summed E-state index contributed by atoms with van der Waals surface area (Å²) in [5, 5.41) is 6.59. The van der Waals surface area contributed by atoms with Crippen molar-refractivity contribution in [3.8, 4) is 11.5 Å². The van der Waals surface area contributed by atoms with Crippen molar-refractivity contribution in [3.63, 3.8) is 0 Å². The van der Waals surface area contributed by atoms with Gasteiger partial charge >= 0.3 is 0 Å². The average Bonchev–Trinajstić information content (AvgIpc) is 2.82. The summed E-state index contributed by atoms with van der Waals surface area (Å²) in [5.74, 6) is 2.53. The minimum Gasteiger partial charge on any atom is -0.492 e. The van der Waals surface area contributed by atoms with Crippen molar-refractivity contribution in [2.75, 3.05) is 59.2 Å². The Morgan fingerprint density at radius 1 is 0.969 bits per heavy atom. The van der Waals surface area contributed by atoms with Crippen molar-refractivity contribution in [2.45, 2.75) is 13.5 Å². The predicted octanol–water partition coefficient (Wildman–Crippen LogP) is 3.15. The molecule has 0 aliphatic carbocycles. The van der Waals surface area contributed by atoms with E-state index >= 15 is 0 Å². The molecule has 0 saturated carbocycles. The molecule has 0 amide bonds. The molecule has 2 aromatic rings. The first-order valence-electron chi connectivity index (χ1n) is 11.1. The molecule has 0 aromatic heterocycles. The van der Waals surface area contributed by atoms with E-state index in [1.807, 2.05) is 42.5 Å². The zero-order valence-corrected chi connectivity index (χ0v) is 21.1. The number of morpholine rings is 1. The van der Waals surface area contributed by atoms with Crippen LogP contribution >= 0.6 is 24.0 Å². The summed E-state index contributed by atoms with van der Waals surface area (Å²) < 4.78 is 17.1. The minimum atomic E-state index is 0. The summed E-state index contributed by atoms with van der Waals surface area (Å²) in [4.78, 5) is 7.05. The third-order valence-corrected chi connectivity index (χ3v) is 4.85. The number of rotatable bonds is 11. The predicted molar refractivity (Wildman–Crippen MR) is 139 cm³/mol. The Morgan fingerprint density at radius 2 is 1.72 bits per heavy atom. The molecule has 8 heteroatoms. The molecule has 0 radical (unpaired) electrons. The van der Waals surface area contributed by atoms with Gasteiger partial charge < -0.3 is 24.8 Å². The average molecular weight is 554 g/mol. The van der Waals surface area contributed by atoms with E-state index in [1.165, 1.54) is 0 Å². The molecule has 0 unspecified atom stereocenters. The monoisotopic (exact) mass is 554 g/mol. The second-order valence-corrected chi connectivity index (χ2v) is 7.23. The Balaban J connectivity index is 0.00000363. The van der Waals surface area contributed by atoms with Gasteiger partial charge in [-0.1, -0.05) is 30.3 Å². The summed E-state index contributed by atoms with van der Waals surface area (Å²) in [6.07, 6.45) is 0. The number of benzene rings is 2. The number of ether oxygens (including phenoxy) is 3. The van der Waals surface area contributed by atoms with Crippen LogP contribution in [-0.4, -0.2) is 70.0 Å². The van der Waals surface area contributed by atoms with E-state index in [1.54, 1.807) is 0 Å². The maximum Gasteiger partial charge on any atom is 0.191 e. The van der Waals surface area contributed by atoms with Crippen LogP contribution in [0, 0.1) is 0 Å². The normalized spacial score (nSPS) is 14.3. The molecular formula is C24H35IN4O3. The van der Waals surface area contributed by atoms with Crippen molar-refractivity contribution in [3.05, 3.63) is 60.2 Å². The number of halogens is 1. The number of nitrogens with zero attached hydrogens (tertiary/aromatic N) is 2. The van der Waals surface area contributed by atoms with E-state index in [0.717, 1.165) is 62.4 Å². The van der Waals surface area contributed by atoms with Crippen LogP contribution in [0.1, 0.15) is 12.5 Å². The van der Waals surface area contributed by atoms with Gasteiger partial charge in [-0.3, -0.25) is 4.90 Å². The molecule has 3 rings (SSSR count). The van der Waals surface area contributed by atoms with Gasteiger partial charge in [-0.15, -0.1) is 24.0 Å². The Hall–Kier alpha value is -2.04. The SMILES string of the molecule is CCNC(=NCc1cccc(OCCN2CCOCC2)c1)NCCOc1ccccc1.I. The fraction of sp³-hybridized carbons (Fsp3) is 0.458. The van der Waals surface area contributed by atoms with Crippen molar-refractivity contribution in [1.82, 2.24) is 15.5 Å². The summed E-state index contributed by atoms with van der Waals surface area (Å²) >= 11 is 0. The first-order valence-corrected chi connectivity index (χ1v) is 11.1. The van der Waals surface area contributed by atoms with Crippen LogP contribution in [0.15, 0.2) is 59.6 Å². The minimum absolute atomic E-state index is 0. The highest BCUT2D eigenvalue weighted by Gasteiger charge is 2.09. The van der Waals surface area contributed by atoms with Gasteiger partial charge in [0.05, 0.1) is 26.3 Å². The van der Waals surface area contributed by atoms with Gasteiger partial charge in [-0.2, -0.15) is 0 Å². The smallest absolute Gasteiger partial charge is 0.191 e. The number of hydrogen-bond acceptors (Lipinski definition) is 5. The molecule has 0 bridgehead atoms. The van der Waals surface area contributed by atoms with Crippen LogP contribution in [-0.2, 0) is 11.3 Å². The molecule has 176 valence electrons.